The Balaban J connectivity index is 1.94. The molecule has 1 fully saturated rings. The average molecular weight is 251 g/mol. The van der Waals surface area contributed by atoms with Gasteiger partial charge in [0.15, 0.2) is 0 Å². The lowest BCUT2D eigenvalue weighted by molar-refractivity contribution is 0.237. The minimum absolute atomic E-state index is 0.274. The molecule has 0 aliphatic heterocycles. The number of urea groups is 1. The zero-order valence-corrected chi connectivity index (χ0v) is 10.2. The standard InChI is InChI=1S/C13H18FN3O/c14-10-3-5-11(6-4-10)16-12(18)17-13(9-15)7-1-2-8-13/h3-6H,1-2,7-9,15H2,(H2,16,17,18). The zero-order valence-electron chi connectivity index (χ0n) is 10.2. The van der Waals surface area contributed by atoms with E-state index in [0.29, 0.717) is 12.2 Å². The maximum Gasteiger partial charge on any atom is 0.319 e. The van der Waals surface area contributed by atoms with Gasteiger partial charge in [0.05, 0.1) is 5.54 Å². The molecule has 2 rings (SSSR count). The monoisotopic (exact) mass is 251 g/mol. The third kappa shape index (κ3) is 2.98. The summed E-state index contributed by atoms with van der Waals surface area (Å²) < 4.78 is 12.7. The highest BCUT2D eigenvalue weighted by atomic mass is 19.1. The first-order valence-corrected chi connectivity index (χ1v) is 6.18. The van der Waals surface area contributed by atoms with Gasteiger partial charge in [-0.1, -0.05) is 12.8 Å². The Hall–Kier alpha value is -1.62. The highest BCUT2D eigenvalue weighted by Gasteiger charge is 2.33. The molecule has 18 heavy (non-hydrogen) atoms. The van der Waals surface area contributed by atoms with Crippen LogP contribution in [0, 0.1) is 5.82 Å². The molecule has 0 radical (unpaired) electrons. The third-order valence-corrected chi connectivity index (χ3v) is 3.43. The summed E-state index contributed by atoms with van der Waals surface area (Å²) in [5, 5.41) is 5.62. The largest absolute Gasteiger partial charge is 0.331 e. The van der Waals surface area contributed by atoms with Crippen molar-refractivity contribution in [3.05, 3.63) is 30.1 Å². The SMILES string of the molecule is NCC1(NC(=O)Nc2ccc(F)cc2)CCCC1. The summed E-state index contributed by atoms with van der Waals surface area (Å²) in [6, 6.07) is 5.39. The lowest BCUT2D eigenvalue weighted by atomic mass is 9.98. The van der Waals surface area contributed by atoms with Crippen molar-refractivity contribution >= 4 is 11.7 Å². The summed E-state index contributed by atoms with van der Waals surface area (Å²) in [4.78, 5) is 11.8. The Morgan fingerprint density at radius 3 is 2.44 bits per heavy atom. The summed E-state index contributed by atoms with van der Waals surface area (Å²) in [5.74, 6) is -0.324. The van der Waals surface area contributed by atoms with E-state index in [0.717, 1.165) is 25.7 Å². The van der Waals surface area contributed by atoms with Gasteiger partial charge >= 0.3 is 6.03 Å². The number of nitrogens with two attached hydrogens (primary N) is 1. The Labute approximate surface area is 106 Å². The van der Waals surface area contributed by atoms with Crippen LogP contribution in [0.2, 0.25) is 0 Å². The predicted molar refractivity (Wildman–Crippen MR) is 68.8 cm³/mol. The van der Waals surface area contributed by atoms with E-state index < -0.39 is 0 Å². The van der Waals surface area contributed by atoms with Gasteiger partial charge in [-0.2, -0.15) is 0 Å². The number of rotatable bonds is 3. The van der Waals surface area contributed by atoms with Crippen LogP contribution in [0.3, 0.4) is 0 Å². The molecule has 0 aromatic heterocycles. The minimum Gasteiger partial charge on any atom is -0.331 e. The summed E-state index contributed by atoms with van der Waals surface area (Å²) in [5.41, 5.74) is 6.03. The van der Waals surface area contributed by atoms with Crippen LogP contribution in [0.1, 0.15) is 25.7 Å². The van der Waals surface area contributed by atoms with Crippen molar-refractivity contribution in [3.8, 4) is 0 Å². The first-order valence-electron chi connectivity index (χ1n) is 6.18. The maximum atomic E-state index is 12.7. The van der Waals surface area contributed by atoms with Gasteiger partial charge in [-0.05, 0) is 37.1 Å². The number of hydrogen-bond acceptors (Lipinski definition) is 2. The first kappa shape index (κ1) is 12.8. The van der Waals surface area contributed by atoms with Gasteiger partial charge in [0, 0.05) is 12.2 Å². The van der Waals surface area contributed by atoms with Gasteiger partial charge in [-0.15, -0.1) is 0 Å². The topological polar surface area (TPSA) is 67.1 Å². The molecular formula is C13H18FN3O. The lowest BCUT2D eigenvalue weighted by Gasteiger charge is -2.28. The van der Waals surface area contributed by atoms with Crippen molar-refractivity contribution < 1.29 is 9.18 Å². The molecule has 1 saturated carbocycles. The number of halogens is 1. The third-order valence-electron chi connectivity index (χ3n) is 3.43. The van der Waals surface area contributed by atoms with Crippen LogP contribution in [0.25, 0.3) is 0 Å². The molecule has 1 aliphatic carbocycles. The lowest BCUT2D eigenvalue weighted by Crippen LogP contribution is -2.53. The molecule has 0 saturated heterocycles. The molecule has 0 unspecified atom stereocenters. The second-order valence-electron chi connectivity index (χ2n) is 4.78. The van der Waals surface area contributed by atoms with Gasteiger partial charge in [0.2, 0.25) is 0 Å². The van der Waals surface area contributed by atoms with Crippen LogP contribution >= 0.6 is 0 Å². The molecule has 0 atom stereocenters. The van der Waals surface area contributed by atoms with Crippen LogP contribution in [0.15, 0.2) is 24.3 Å². The van der Waals surface area contributed by atoms with E-state index in [1.807, 2.05) is 0 Å². The molecule has 2 amide bonds. The second-order valence-corrected chi connectivity index (χ2v) is 4.78. The number of hydrogen-bond donors (Lipinski definition) is 3. The molecule has 0 bridgehead atoms. The molecule has 0 spiro atoms. The quantitative estimate of drug-likeness (QED) is 0.771. The van der Waals surface area contributed by atoms with Crippen molar-refractivity contribution in [2.45, 2.75) is 31.2 Å². The van der Waals surface area contributed by atoms with Gasteiger partial charge in [0.25, 0.3) is 0 Å². The van der Waals surface area contributed by atoms with Crippen molar-refractivity contribution in [3.63, 3.8) is 0 Å². The van der Waals surface area contributed by atoms with Gasteiger partial charge in [0.1, 0.15) is 5.82 Å². The van der Waals surface area contributed by atoms with Crippen LogP contribution in [0.5, 0.6) is 0 Å². The minimum atomic E-state index is -0.324. The molecule has 1 aliphatic rings. The average Bonchev–Trinajstić information content (AvgIpc) is 2.81. The van der Waals surface area contributed by atoms with E-state index in [4.69, 9.17) is 5.73 Å². The van der Waals surface area contributed by atoms with Gasteiger partial charge in [-0.25, -0.2) is 9.18 Å². The maximum absolute atomic E-state index is 12.7. The molecular weight excluding hydrogens is 233 g/mol. The predicted octanol–water partition coefficient (Wildman–Crippen LogP) is 2.22. The summed E-state index contributed by atoms with van der Waals surface area (Å²) in [7, 11) is 0. The fourth-order valence-electron chi connectivity index (χ4n) is 2.37. The molecule has 4 nitrogen and oxygen atoms in total. The highest BCUT2D eigenvalue weighted by molar-refractivity contribution is 5.89. The smallest absolute Gasteiger partial charge is 0.319 e. The second kappa shape index (κ2) is 5.35. The van der Waals surface area contributed by atoms with Gasteiger partial charge < -0.3 is 16.4 Å². The normalized spacial score (nSPS) is 17.4. The van der Waals surface area contributed by atoms with E-state index in [1.54, 1.807) is 0 Å². The molecule has 1 aromatic rings. The zero-order chi connectivity index (χ0) is 13.0. The number of nitrogens with one attached hydrogen (secondary N) is 2. The number of benzene rings is 1. The Kier molecular flexibility index (Phi) is 3.81. The number of carbonyl (C=O) groups excluding carboxylic acids is 1. The fraction of sp³-hybridized carbons (Fsp3) is 0.462. The molecule has 4 N–H and O–H groups in total. The summed E-state index contributed by atoms with van der Waals surface area (Å²) >= 11 is 0. The Morgan fingerprint density at radius 1 is 1.28 bits per heavy atom. The van der Waals surface area contributed by atoms with Crippen molar-refractivity contribution in [1.29, 1.82) is 0 Å². The van der Waals surface area contributed by atoms with Crippen LogP contribution in [-0.2, 0) is 0 Å². The molecule has 0 heterocycles. The van der Waals surface area contributed by atoms with Crippen LogP contribution < -0.4 is 16.4 Å². The molecule has 98 valence electrons. The molecule has 1 aromatic carbocycles. The Bertz CT molecular complexity index is 413. The first-order chi connectivity index (χ1) is 8.63. The van der Waals surface area contributed by atoms with E-state index in [2.05, 4.69) is 10.6 Å². The highest BCUT2D eigenvalue weighted by Crippen LogP contribution is 2.28. The fourth-order valence-corrected chi connectivity index (χ4v) is 2.37. The number of anilines is 1. The molecule has 5 heteroatoms. The van der Waals surface area contributed by atoms with E-state index in [9.17, 15) is 9.18 Å². The van der Waals surface area contributed by atoms with Crippen molar-refractivity contribution in [2.24, 2.45) is 5.73 Å². The number of carbonyl (C=O) groups is 1. The van der Waals surface area contributed by atoms with E-state index in [-0.39, 0.29) is 17.4 Å². The van der Waals surface area contributed by atoms with E-state index in [1.165, 1.54) is 24.3 Å². The van der Waals surface area contributed by atoms with Crippen molar-refractivity contribution in [2.75, 3.05) is 11.9 Å². The van der Waals surface area contributed by atoms with E-state index >= 15 is 0 Å². The van der Waals surface area contributed by atoms with Crippen molar-refractivity contribution in [1.82, 2.24) is 5.32 Å². The Morgan fingerprint density at radius 2 is 1.89 bits per heavy atom. The number of amides is 2. The summed E-state index contributed by atoms with van der Waals surface area (Å²) in [6.07, 6.45) is 4.02. The summed E-state index contributed by atoms with van der Waals surface area (Å²) in [6.45, 7) is 0.448. The van der Waals surface area contributed by atoms with Crippen LogP contribution in [-0.4, -0.2) is 18.1 Å². The van der Waals surface area contributed by atoms with Gasteiger partial charge in [-0.3, -0.25) is 0 Å². The van der Waals surface area contributed by atoms with Crippen LogP contribution in [0.4, 0.5) is 14.9 Å².